The molecular formula is C23H28O4. The summed E-state index contributed by atoms with van der Waals surface area (Å²) in [6.07, 6.45) is 7.70. The predicted octanol–water partition coefficient (Wildman–Crippen LogP) is 3.96. The Balaban J connectivity index is 1.76. The van der Waals surface area contributed by atoms with Gasteiger partial charge in [0.25, 0.3) is 0 Å². The maximum atomic E-state index is 13.4. The molecule has 0 spiro atoms. The molecule has 4 aliphatic carbocycles. The highest BCUT2D eigenvalue weighted by Gasteiger charge is 2.61. The quantitative estimate of drug-likeness (QED) is 0.519. The van der Waals surface area contributed by atoms with Crippen molar-refractivity contribution in [2.45, 2.75) is 52.4 Å². The minimum Gasteiger partial charge on any atom is -0.466 e. The average Bonchev–Trinajstić information content (AvgIpc) is 2.92. The van der Waals surface area contributed by atoms with Crippen molar-refractivity contribution in [1.82, 2.24) is 0 Å². The molecule has 4 aliphatic rings. The van der Waals surface area contributed by atoms with E-state index in [1.807, 2.05) is 0 Å². The summed E-state index contributed by atoms with van der Waals surface area (Å²) < 4.78 is 4.83. The molecule has 3 saturated carbocycles. The van der Waals surface area contributed by atoms with Crippen LogP contribution < -0.4 is 0 Å². The minimum atomic E-state index is -0.336. The van der Waals surface area contributed by atoms with E-state index in [1.54, 1.807) is 12.2 Å². The van der Waals surface area contributed by atoms with Crippen LogP contribution in [-0.2, 0) is 19.1 Å². The third kappa shape index (κ3) is 2.52. The van der Waals surface area contributed by atoms with Gasteiger partial charge in [0.1, 0.15) is 5.78 Å². The highest BCUT2D eigenvalue weighted by Crippen LogP contribution is 2.66. The molecule has 0 amide bonds. The van der Waals surface area contributed by atoms with E-state index in [0.29, 0.717) is 18.8 Å². The monoisotopic (exact) mass is 368 g/mol. The van der Waals surface area contributed by atoms with E-state index < -0.39 is 0 Å². The molecule has 4 heteroatoms. The van der Waals surface area contributed by atoms with Crippen LogP contribution in [0.3, 0.4) is 0 Å². The number of rotatable bonds is 1. The van der Waals surface area contributed by atoms with Crippen LogP contribution in [0, 0.1) is 28.6 Å². The Bertz CT molecular complexity index is 816. The number of esters is 1. The molecule has 0 unspecified atom stereocenters. The van der Waals surface area contributed by atoms with Gasteiger partial charge in [-0.3, -0.25) is 9.59 Å². The molecule has 0 N–H and O–H groups in total. The van der Waals surface area contributed by atoms with Crippen LogP contribution in [0.15, 0.2) is 35.5 Å². The van der Waals surface area contributed by atoms with Gasteiger partial charge in [0, 0.05) is 30.3 Å². The smallest absolute Gasteiger partial charge is 0.330 e. The largest absolute Gasteiger partial charge is 0.466 e. The van der Waals surface area contributed by atoms with Gasteiger partial charge in [0.05, 0.1) is 7.11 Å². The molecule has 0 aromatic rings. The zero-order chi connectivity index (χ0) is 19.6. The number of ether oxygens (including phenoxy) is 1. The highest BCUT2D eigenvalue weighted by atomic mass is 16.5. The fourth-order valence-electron chi connectivity index (χ4n) is 6.69. The second-order valence-corrected chi connectivity index (χ2v) is 9.29. The third-order valence-electron chi connectivity index (χ3n) is 7.96. The molecule has 5 atom stereocenters. The third-order valence-corrected chi connectivity index (χ3v) is 7.96. The van der Waals surface area contributed by atoms with E-state index in [4.69, 9.17) is 4.74 Å². The van der Waals surface area contributed by atoms with E-state index in [9.17, 15) is 14.4 Å². The zero-order valence-corrected chi connectivity index (χ0v) is 16.5. The molecule has 0 saturated heterocycles. The van der Waals surface area contributed by atoms with E-state index in [1.165, 1.54) is 7.11 Å². The molecule has 3 fully saturated rings. The normalized spacial score (nSPS) is 42.3. The molecule has 0 aromatic heterocycles. The van der Waals surface area contributed by atoms with Crippen LogP contribution in [0.1, 0.15) is 52.4 Å². The van der Waals surface area contributed by atoms with Crippen molar-refractivity contribution in [3.8, 4) is 0 Å². The van der Waals surface area contributed by atoms with Crippen molar-refractivity contribution in [3.05, 3.63) is 35.5 Å². The number of Topliss-reactive ketones (excluding diaryl/α,β-unsaturated/α-hetero) is 1. The number of allylic oxidation sites excluding steroid dienone is 3. The first-order chi connectivity index (χ1) is 12.7. The van der Waals surface area contributed by atoms with Gasteiger partial charge >= 0.3 is 5.97 Å². The maximum absolute atomic E-state index is 13.4. The Labute approximate surface area is 160 Å². The van der Waals surface area contributed by atoms with Crippen molar-refractivity contribution in [2.24, 2.45) is 28.6 Å². The van der Waals surface area contributed by atoms with Gasteiger partial charge in [-0.2, -0.15) is 0 Å². The summed E-state index contributed by atoms with van der Waals surface area (Å²) in [5.41, 5.74) is 2.55. The minimum absolute atomic E-state index is 0.0436. The molecule has 27 heavy (non-hydrogen) atoms. The molecule has 0 aromatic carbocycles. The first-order valence-corrected chi connectivity index (χ1v) is 9.95. The van der Waals surface area contributed by atoms with Crippen LogP contribution in [0.4, 0.5) is 0 Å². The predicted molar refractivity (Wildman–Crippen MR) is 102 cm³/mol. The second kappa shape index (κ2) is 6.02. The van der Waals surface area contributed by atoms with E-state index in [2.05, 4.69) is 20.4 Å². The Morgan fingerprint density at radius 3 is 2.70 bits per heavy atom. The van der Waals surface area contributed by atoms with Gasteiger partial charge in [-0.15, -0.1) is 0 Å². The van der Waals surface area contributed by atoms with Crippen molar-refractivity contribution in [3.63, 3.8) is 0 Å². The average molecular weight is 368 g/mol. The van der Waals surface area contributed by atoms with Crippen molar-refractivity contribution < 1.29 is 19.1 Å². The molecule has 144 valence electrons. The fourth-order valence-corrected chi connectivity index (χ4v) is 6.69. The number of fused-ring (bicyclic) bond motifs is 5. The maximum Gasteiger partial charge on any atom is 0.330 e. The number of methoxy groups -OCH3 is 1. The van der Waals surface area contributed by atoms with Gasteiger partial charge in [-0.1, -0.05) is 31.6 Å². The number of hydrogen-bond donors (Lipinski definition) is 0. The summed E-state index contributed by atoms with van der Waals surface area (Å²) in [7, 11) is 1.39. The molecule has 4 nitrogen and oxygen atoms in total. The number of carbonyl (C=O) groups is 3. The lowest BCUT2D eigenvalue weighted by molar-refractivity contribution is -0.141. The second-order valence-electron chi connectivity index (χ2n) is 9.29. The lowest BCUT2D eigenvalue weighted by Crippen LogP contribution is -2.54. The van der Waals surface area contributed by atoms with Gasteiger partial charge in [-0.05, 0) is 54.6 Å². The first kappa shape index (κ1) is 18.4. The number of ketones is 2. The van der Waals surface area contributed by atoms with Crippen molar-refractivity contribution >= 4 is 17.5 Å². The zero-order valence-electron chi connectivity index (χ0n) is 16.5. The van der Waals surface area contributed by atoms with Crippen LogP contribution in [0.25, 0.3) is 0 Å². The molecule has 4 rings (SSSR count). The molecule has 0 radical (unpaired) electrons. The Morgan fingerprint density at radius 1 is 1.26 bits per heavy atom. The van der Waals surface area contributed by atoms with Crippen LogP contribution in [0.5, 0.6) is 0 Å². The standard InChI is InChI=1S/C23H28O4/c1-13-9-16-17-6-5-14(10-20(26)27-4)23(17,3)12-19(25)21(16)22(2)8-7-15(24)11-18(13)22/h10-11,16-17,21H,1,5-9,12H2,2-4H3/t16-,17-,21+,22-,23+/m0/s1. The summed E-state index contributed by atoms with van der Waals surface area (Å²) in [5.74, 6) is 0.660. The van der Waals surface area contributed by atoms with Crippen molar-refractivity contribution in [1.29, 1.82) is 0 Å². The summed E-state index contributed by atoms with van der Waals surface area (Å²) in [5, 5.41) is 0. The summed E-state index contributed by atoms with van der Waals surface area (Å²) in [6.45, 7) is 8.60. The Hall–Kier alpha value is -1.97. The van der Waals surface area contributed by atoms with E-state index in [-0.39, 0.29) is 40.2 Å². The summed E-state index contributed by atoms with van der Waals surface area (Å²) in [4.78, 5) is 37.3. The number of hydrogen-bond acceptors (Lipinski definition) is 4. The van der Waals surface area contributed by atoms with Gasteiger partial charge < -0.3 is 4.74 Å². The van der Waals surface area contributed by atoms with Crippen LogP contribution >= 0.6 is 0 Å². The van der Waals surface area contributed by atoms with Gasteiger partial charge in [-0.25, -0.2) is 4.79 Å². The summed E-state index contributed by atoms with van der Waals surface area (Å²) in [6, 6.07) is 0. The van der Waals surface area contributed by atoms with E-state index >= 15 is 0 Å². The molecule has 0 bridgehead atoms. The Kier molecular flexibility index (Phi) is 4.10. The van der Waals surface area contributed by atoms with Gasteiger partial charge in [0.2, 0.25) is 0 Å². The first-order valence-electron chi connectivity index (χ1n) is 9.95. The lowest BCUT2D eigenvalue weighted by Gasteiger charge is -2.56. The SMILES string of the molecule is C=C1C[C@@H]2[C@H](C(=O)C[C@]3(C)C(=CC(=O)OC)CC[C@@H]23)[C@@]2(C)CCC(=O)C=C12. The van der Waals surface area contributed by atoms with Crippen LogP contribution in [0.2, 0.25) is 0 Å². The lowest BCUT2D eigenvalue weighted by atomic mass is 9.46. The van der Waals surface area contributed by atoms with Gasteiger partial charge in [0.15, 0.2) is 5.78 Å². The number of carbonyl (C=O) groups excluding carboxylic acids is 3. The molecule has 0 heterocycles. The van der Waals surface area contributed by atoms with Crippen LogP contribution in [-0.4, -0.2) is 24.6 Å². The summed E-state index contributed by atoms with van der Waals surface area (Å²) >= 11 is 0. The topological polar surface area (TPSA) is 60.4 Å². The Morgan fingerprint density at radius 2 is 2.00 bits per heavy atom. The van der Waals surface area contributed by atoms with Crippen molar-refractivity contribution in [2.75, 3.05) is 7.11 Å². The van der Waals surface area contributed by atoms with E-state index in [0.717, 1.165) is 42.4 Å². The highest BCUT2D eigenvalue weighted by molar-refractivity contribution is 5.94. The molecule has 0 aliphatic heterocycles. The fraction of sp³-hybridized carbons (Fsp3) is 0.609. The molecular weight excluding hydrogens is 340 g/mol.